The van der Waals surface area contributed by atoms with E-state index in [4.69, 9.17) is 5.73 Å². The number of anilines is 1. The van der Waals surface area contributed by atoms with Gasteiger partial charge in [0.25, 0.3) is 5.91 Å². The molecule has 2 amide bonds. The van der Waals surface area contributed by atoms with E-state index in [-0.39, 0.29) is 23.1 Å². The topological polar surface area (TPSA) is 75.4 Å². The average molecular weight is 303 g/mol. The summed E-state index contributed by atoms with van der Waals surface area (Å²) in [4.78, 5) is 26.0. The second-order valence-corrected chi connectivity index (χ2v) is 6.87. The molecule has 5 heteroatoms. The first-order chi connectivity index (χ1) is 10.3. The molecule has 2 rings (SSSR count). The van der Waals surface area contributed by atoms with Gasteiger partial charge in [-0.25, -0.2) is 0 Å². The fraction of sp³-hybridized carbons (Fsp3) is 0.529. The molecule has 0 spiro atoms. The molecule has 0 bridgehead atoms. The Morgan fingerprint density at radius 2 is 2.05 bits per heavy atom. The van der Waals surface area contributed by atoms with Gasteiger partial charge in [-0.1, -0.05) is 19.9 Å². The smallest absolute Gasteiger partial charge is 0.253 e. The largest absolute Gasteiger partial charge is 0.341 e. The molecule has 5 nitrogen and oxygen atoms in total. The van der Waals surface area contributed by atoms with E-state index in [1.54, 1.807) is 36.2 Å². The zero-order valence-corrected chi connectivity index (χ0v) is 13.6. The predicted molar refractivity (Wildman–Crippen MR) is 87.6 cm³/mol. The van der Waals surface area contributed by atoms with Gasteiger partial charge in [0, 0.05) is 30.8 Å². The van der Waals surface area contributed by atoms with Crippen LogP contribution in [0.4, 0.5) is 5.69 Å². The molecule has 22 heavy (non-hydrogen) atoms. The summed E-state index contributed by atoms with van der Waals surface area (Å²) in [5.41, 5.74) is 6.85. The number of benzene rings is 1. The number of amides is 2. The highest BCUT2D eigenvalue weighted by Crippen LogP contribution is 2.30. The number of hydrogen-bond acceptors (Lipinski definition) is 3. The van der Waals surface area contributed by atoms with E-state index in [9.17, 15) is 9.59 Å². The minimum Gasteiger partial charge on any atom is -0.341 e. The molecule has 0 radical (unpaired) electrons. The Bertz CT molecular complexity index is 565. The van der Waals surface area contributed by atoms with Gasteiger partial charge in [0.1, 0.15) is 0 Å². The first-order valence-electron chi connectivity index (χ1n) is 7.69. The van der Waals surface area contributed by atoms with E-state index in [1.807, 2.05) is 13.8 Å². The van der Waals surface area contributed by atoms with Crippen LogP contribution in [-0.4, -0.2) is 36.9 Å². The van der Waals surface area contributed by atoms with Gasteiger partial charge < -0.3 is 16.0 Å². The minimum absolute atomic E-state index is 0.0437. The molecule has 0 aromatic heterocycles. The van der Waals surface area contributed by atoms with Crippen molar-refractivity contribution in [3.05, 3.63) is 29.8 Å². The number of nitrogens with zero attached hydrogens (tertiary/aromatic N) is 1. The van der Waals surface area contributed by atoms with Crippen LogP contribution >= 0.6 is 0 Å². The van der Waals surface area contributed by atoms with Crippen molar-refractivity contribution < 1.29 is 9.59 Å². The SMILES string of the molecule is CN(CC(C)(C)CN)C(=O)c1cccc(NC(=O)C2CC2)c1. The fourth-order valence-electron chi connectivity index (χ4n) is 2.32. The Morgan fingerprint density at radius 3 is 2.64 bits per heavy atom. The monoisotopic (exact) mass is 303 g/mol. The average Bonchev–Trinajstić information content (AvgIpc) is 3.31. The highest BCUT2D eigenvalue weighted by atomic mass is 16.2. The second-order valence-electron chi connectivity index (χ2n) is 6.87. The molecular weight excluding hydrogens is 278 g/mol. The molecule has 1 fully saturated rings. The van der Waals surface area contributed by atoms with Crippen molar-refractivity contribution in [1.82, 2.24) is 4.90 Å². The number of nitrogens with one attached hydrogen (secondary N) is 1. The first kappa shape index (κ1) is 16.5. The highest BCUT2D eigenvalue weighted by molar-refractivity contribution is 5.98. The lowest BCUT2D eigenvalue weighted by Crippen LogP contribution is -2.39. The summed E-state index contributed by atoms with van der Waals surface area (Å²) in [6.45, 7) is 5.16. The lowest BCUT2D eigenvalue weighted by molar-refractivity contribution is -0.117. The predicted octanol–water partition coefficient (Wildman–Crippen LogP) is 2.09. The van der Waals surface area contributed by atoms with Crippen LogP contribution in [0.1, 0.15) is 37.0 Å². The molecular formula is C17H25N3O2. The van der Waals surface area contributed by atoms with Crippen LogP contribution in [0.25, 0.3) is 0 Å². The molecule has 1 aromatic rings. The molecule has 0 atom stereocenters. The Kier molecular flexibility index (Phi) is 4.86. The van der Waals surface area contributed by atoms with Gasteiger partial charge >= 0.3 is 0 Å². The maximum Gasteiger partial charge on any atom is 0.253 e. The molecule has 0 unspecified atom stereocenters. The lowest BCUT2D eigenvalue weighted by atomic mass is 9.93. The normalized spacial score (nSPS) is 14.5. The van der Waals surface area contributed by atoms with Crippen molar-refractivity contribution in [3.63, 3.8) is 0 Å². The zero-order chi connectivity index (χ0) is 16.3. The number of hydrogen-bond donors (Lipinski definition) is 2. The van der Waals surface area contributed by atoms with E-state index in [1.165, 1.54) is 0 Å². The number of rotatable bonds is 6. The van der Waals surface area contributed by atoms with Crippen molar-refractivity contribution in [2.24, 2.45) is 17.1 Å². The van der Waals surface area contributed by atoms with Gasteiger partial charge in [-0.05, 0) is 43.0 Å². The van der Waals surface area contributed by atoms with Crippen LogP contribution in [0.2, 0.25) is 0 Å². The van der Waals surface area contributed by atoms with Gasteiger partial charge in [0.2, 0.25) is 5.91 Å². The third-order valence-corrected chi connectivity index (χ3v) is 3.89. The number of carbonyl (C=O) groups excluding carboxylic acids is 2. The quantitative estimate of drug-likeness (QED) is 0.845. The third kappa shape index (κ3) is 4.31. The van der Waals surface area contributed by atoms with Crippen LogP contribution < -0.4 is 11.1 Å². The summed E-state index contributed by atoms with van der Waals surface area (Å²) >= 11 is 0. The molecule has 0 heterocycles. The van der Waals surface area contributed by atoms with Gasteiger partial charge in [-0.15, -0.1) is 0 Å². The van der Waals surface area contributed by atoms with Crippen molar-refractivity contribution >= 4 is 17.5 Å². The van der Waals surface area contributed by atoms with E-state index in [0.29, 0.717) is 24.3 Å². The van der Waals surface area contributed by atoms with Crippen molar-refractivity contribution in [2.45, 2.75) is 26.7 Å². The van der Waals surface area contributed by atoms with E-state index < -0.39 is 0 Å². The lowest BCUT2D eigenvalue weighted by Gasteiger charge is -2.29. The third-order valence-electron chi connectivity index (χ3n) is 3.89. The van der Waals surface area contributed by atoms with Crippen LogP contribution in [0.15, 0.2) is 24.3 Å². The Labute approximate surface area is 131 Å². The second kappa shape index (κ2) is 6.48. The number of carbonyl (C=O) groups is 2. The summed E-state index contributed by atoms with van der Waals surface area (Å²) in [7, 11) is 1.77. The number of nitrogens with two attached hydrogens (primary N) is 1. The maximum atomic E-state index is 12.5. The van der Waals surface area contributed by atoms with E-state index in [2.05, 4.69) is 5.32 Å². The Morgan fingerprint density at radius 1 is 1.36 bits per heavy atom. The molecule has 1 aromatic carbocycles. The molecule has 120 valence electrons. The van der Waals surface area contributed by atoms with Gasteiger partial charge in [-0.3, -0.25) is 9.59 Å². The maximum absolute atomic E-state index is 12.5. The molecule has 0 saturated heterocycles. The van der Waals surface area contributed by atoms with Crippen LogP contribution in [-0.2, 0) is 4.79 Å². The summed E-state index contributed by atoms with van der Waals surface area (Å²) in [5.74, 6) is 0.124. The van der Waals surface area contributed by atoms with Crippen molar-refractivity contribution in [3.8, 4) is 0 Å². The standard InChI is InChI=1S/C17H25N3O2/c1-17(2,10-18)11-20(3)16(22)13-5-4-6-14(9-13)19-15(21)12-7-8-12/h4-6,9,12H,7-8,10-11,18H2,1-3H3,(H,19,21). The highest BCUT2D eigenvalue weighted by Gasteiger charge is 2.29. The summed E-state index contributed by atoms with van der Waals surface area (Å²) < 4.78 is 0. The molecule has 3 N–H and O–H groups in total. The van der Waals surface area contributed by atoms with Crippen LogP contribution in [0.3, 0.4) is 0 Å². The fourth-order valence-corrected chi connectivity index (χ4v) is 2.32. The minimum atomic E-state index is -0.123. The summed E-state index contributed by atoms with van der Waals surface area (Å²) in [6.07, 6.45) is 1.92. The van der Waals surface area contributed by atoms with Gasteiger partial charge in [0.15, 0.2) is 0 Å². The summed E-state index contributed by atoms with van der Waals surface area (Å²) in [6, 6.07) is 7.09. The van der Waals surface area contributed by atoms with Crippen molar-refractivity contribution in [1.29, 1.82) is 0 Å². The van der Waals surface area contributed by atoms with Crippen molar-refractivity contribution in [2.75, 3.05) is 25.5 Å². The Balaban J connectivity index is 2.04. The molecule has 1 aliphatic carbocycles. The molecule has 1 saturated carbocycles. The molecule has 0 aliphatic heterocycles. The van der Waals surface area contributed by atoms with Crippen LogP contribution in [0.5, 0.6) is 0 Å². The van der Waals surface area contributed by atoms with E-state index in [0.717, 1.165) is 12.8 Å². The van der Waals surface area contributed by atoms with E-state index >= 15 is 0 Å². The first-order valence-corrected chi connectivity index (χ1v) is 7.69. The van der Waals surface area contributed by atoms with Gasteiger partial charge in [-0.2, -0.15) is 0 Å². The zero-order valence-electron chi connectivity index (χ0n) is 13.6. The van der Waals surface area contributed by atoms with Crippen LogP contribution in [0, 0.1) is 11.3 Å². The Hall–Kier alpha value is -1.88. The van der Waals surface area contributed by atoms with Gasteiger partial charge in [0.05, 0.1) is 0 Å². The summed E-state index contributed by atoms with van der Waals surface area (Å²) in [5, 5.41) is 2.87. The molecule has 1 aliphatic rings.